The number of esters is 1. The molecular weight excluding hydrogens is 562 g/mol. The lowest BCUT2D eigenvalue weighted by Gasteiger charge is -2.69. The van der Waals surface area contributed by atoms with Gasteiger partial charge in [-0.3, -0.25) is 4.79 Å². The lowest BCUT2D eigenvalue weighted by Crippen LogP contribution is -2.65. The molecule has 2 unspecified atom stereocenters. The van der Waals surface area contributed by atoms with E-state index in [0.29, 0.717) is 50.3 Å². The van der Waals surface area contributed by atoms with Crippen molar-refractivity contribution in [3.05, 3.63) is 22.8 Å². The maximum absolute atomic E-state index is 12.6. The van der Waals surface area contributed by atoms with Gasteiger partial charge in [-0.15, -0.1) is 0 Å². The molecule has 0 aliphatic heterocycles. The number of carboxylic acids is 1. The van der Waals surface area contributed by atoms with Gasteiger partial charge in [-0.05, 0) is 111 Å². The molecule has 4 rings (SSSR count). The minimum Gasteiger partial charge on any atom is -0.478 e. The normalized spacial score (nSPS) is 40.4. The maximum Gasteiger partial charge on any atom is 0.331 e. The van der Waals surface area contributed by atoms with Gasteiger partial charge in [-0.25, -0.2) is 4.79 Å². The predicted octanol–water partition coefficient (Wildman–Crippen LogP) is 4.23. The van der Waals surface area contributed by atoms with Gasteiger partial charge >= 0.3 is 11.9 Å². The Morgan fingerprint density at radius 2 is 1.61 bits per heavy atom. The van der Waals surface area contributed by atoms with Crippen LogP contribution in [0.15, 0.2) is 22.8 Å². The fraction of sp³-hybridized carbons (Fsp3) is 0.829. The number of nitrogens with one attached hydrogen (secondary N) is 1. The van der Waals surface area contributed by atoms with Crippen LogP contribution in [0, 0.1) is 39.9 Å². The third-order valence-corrected chi connectivity index (χ3v) is 12.1. The van der Waals surface area contributed by atoms with Crippen LogP contribution in [0.1, 0.15) is 99.8 Å². The van der Waals surface area contributed by atoms with Crippen LogP contribution in [0.2, 0.25) is 0 Å². The van der Waals surface area contributed by atoms with E-state index in [9.17, 15) is 24.9 Å². The van der Waals surface area contributed by atoms with Crippen LogP contribution in [-0.2, 0) is 14.3 Å². The van der Waals surface area contributed by atoms with Crippen molar-refractivity contribution in [2.45, 2.75) is 118 Å². The number of fused-ring (bicyclic) bond motifs is 5. The lowest BCUT2D eigenvalue weighted by molar-refractivity contribution is -0.234. The van der Waals surface area contributed by atoms with Crippen LogP contribution < -0.4 is 5.32 Å². The van der Waals surface area contributed by atoms with Gasteiger partial charge in [0.25, 0.3) is 0 Å². The molecule has 252 valence electrons. The highest BCUT2D eigenvalue weighted by Gasteiger charge is 2.70. The second-order valence-corrected chi connectivity index (χ2v) is 14.8. The average molecular weight is 622 g/mol. The standard InChI is InChI=1S/C31H48O6.C4H11NO2/c1-17(2)9-8-10-20(28(35)36)26-22-15-24(34)27-29(5)13-12-23(33)18(3)21(29)11-14-30(27,6)31(22,7)16-25(26)37-19(4)32;6-3-1-5-2-4-7/h9,18,21-25,27,33-34H,8,10-16H2,1-7H3,(H,35,36);5-7H,1-4H2/b26-20-;/t18-,21-,22-,23+,24?,25-,27?,29-,30-,31-;/m0./s1. The number of aliphatic hydroxyl groups is 4. The third-order valence-electron chi connectivity index (χ3n) is 12.1. The molecule has 0 bridgehead atoms. The molecule has 0 saturated heterocycles. The fourth-order valence-corrected chi connectivity index (χ4v) is 10.1. The zero-order valence-corrected chi connectivity index (χ0v) is 28.1. The van der Waals surface area contributed by atoms with Gasteiger partial charge in [0.2, 0.25) is 0 Å². The summed E-state index contributed by atoms with van der Waals surface area (Å²) < 4.78 is 5.87. The van der Waals surface area contributed by atoms with Gasteiger partial charge in [-0.2, -0.15) is 0 Å². The molecule has 0 heterocycles. The van der Waals surface area contributed by atoms with Gasteiger partial charge in [0.1, 0.15) is 6.10 Å². The molecule has 4 fully saturated rings. The number of rotatable bonds is 9. The van der Waals surface area contributed by atoms with E-state index in [-0.39, 0.29) is 53.3 Å². The SMILES string of the molecule is CC(=O)O[C@H]1C[C@@]2(C)[C@@H](CC(O)C3[C@]2(C)CC[C@H]2[C@H](C)[C@H](O)CC[C@]32C)/C1=C(\CCC=C(C)C)C(=O)O.OCCNCCO. The Morgan fingerprint density at radius 3 is 2.16 bits per heavy atom. The Morgan fingerprint density at radius 1 is 0.977 bits per heavy atom. The number of carboxylic acid groups (broad SMARTS) is 1. The molecule has 9 heteroatoms. The highest BCUT2D eigenvalue weighted by atomic mass is 16.5. The van der Waals surface area contributed by atoms with E-state index in [0.717, 1.165) is 36.8 Å². The van der Waals surface area contributed by atoms with Crippen LogP contribution in [-0.4, -0.2) is 82.1 Å². The first-order valence-corrected chi connectivity index (χ1v) is 16.6. The molecule has 9 nitrogen and oxygen atoms in total. The number of carbonyl (C=O) groups is 2. The Labute approximate surface area is 264 Å². The number of carbonyl (C=O) groups excluding carboxylic acids is 1. The van der Waals surface area contributed by atoms with Crippen molar-refractivity contribution in [1.29, 1.82) is 0 Å². The van der Waals surface area contributed by atoms with Crippen molar-refractivity contribution < 1.29 is 39.9 Å². The average Bonchev–Trinajstić information content (AvgIpc) is 3.20. The molecule has 4 aliphatic carbocycles. The van der Waals surface area contributed by atoms with E-state index in [1.54, 1.807) is 0 Å². The van der Waals surface area contributed by atoms with E-state index in [2.05, 4.69) is 33.0 Å². The van der Waals surface area contributed by atoms with Crippen molar-refractivity contribution in [3.8, 4) is 0 Å². The summed E-state index contributed by atoms with van der Waals surface area (Å²) in [5, 5.41) is 52.0. The van der Waals surface area contributed by atoms with Crippen molar-refractivity contribution in [2.24, 2.45) is 39.9 Å². The second kappa shape index (κ2) is 14.8. The van der Waals surface area contributed by atoms with Crippen LogP contribution in [0.5, 0.6) is 0 Å². The number of aliphatic hydroxyl groups excluding tert-OH is 4. The quantitative estimate of drug-likeness (QED) is 0.0960. The summed E-state index contributed by atoms with van der Waals surface area (Å²) in [6.45, 7) is 15.9. The number of allylic oxidation sites excluding steroid dienone is 2. The fourth-order valence-electron chi connectivity index (χ4n) is 10.1. The Kier molecular flexibility index (Phi) is 12.3. The Balaban J connectivity index is 0.000000676. The summed E-state index contributed by atoms with van der Waals surface area (Å²) in [7, 11) is 0. The van der Waals surface area contributed by atoms with Gasteiger partial charge in [0, 0.05) is 25.6 Å². The summed E-state index contributed by atoms with van der Waals surface area (Å²) >= 11 is 0. The minimum absolute atomic E-state index is 0.0474. The number of ether oxygens (including phenoxy) is 1. The summed E-state index contributed by atoms with van der Waals surface area (Å²) in [5.74, 6) is -0.909. The zero-order valence-electron chi connectivity index (χ0n) is 28.1. The van der Waals surface area contributed by atoms with Crippen molar-refractivity contribution in [1.82, 2.24) is 5.32 Å². The summed E-state index contributed by atoms with van der Waals surface area (Å²) in [6.07, 6.45) is 6.22. The molecule has 6 N–H and O–H groups in total. The number of hydrogen-bond donors (Lipinski definition) is 6. The van der Waals surface area contributed by atoms with E-state index in [4.69, 9.17) is 14.9 Å². The number of aliphatic carboxylic acids is 1. The third kappa shape index (κ3) is 6.97. The van der Waals surface area contributed by atoms with Gasteiger partial charge in [0.15, 0.2) is 0 Å². The molecular formula is C35H59NO8. The molecule has 0 aromatic heterocycles. The summed E-state index contributed by atoms with van der Waals surface area (Å²) in [4.78, 5) is 24.8. The van der Waals surface area contributed by atoms with E-state index >= 15 is 0 Å². The topological polar surface area (TPSA) is 157 Å². The van der Waals surface area contributed by atoms with Crippen LogP contribution >= 0.6 is 0 Å². The smallest absolute Gasteiger partial charge is 0.331 e. The molecule has 0 amide bonds. The molecule has 4 saturated carbocycles. The van der Waals surface area contributed by atoms with Crippen molar-refractivity contribution in [3.63, 3.8) is 0 Å². The monoisotopic (exact) mass is 621 g/mol. The van der Waals surface area contributed by atoms with Crippen molar-refractivity contribution >= 4 is 11.9 Å². The largest absolute Gasteiger partial charge is 0.478 e. The predicted molar refractivity (Wildman–Crippen MR) is 170 cm³/mol. The first kappa shape index (κ1) is 36.7. The van der Waals surface area contributed by atoms with E-state index in [1.165, 1.54) is 6.92 Å². The van der Waals surface area contributed by atoms with E-state index < -0.39 is 24.1 Å². The molecule has 0 radical (unpaired) electrons. The Bertz CT molecular complexity index is 1080. The van der Waals surface area contributed by atoms with Gasteiger partial charge < -0.3 is 35.6 Å². The lowest BCUT2D eigenvalue weighted by atomic mass is 9.36. The summed E-state index contributed by atoms with van der Waals surface area (Å²) in [6, 6.07) is 0. The highest BCUT2D eigenvalue weighted by molar-refractivity contribution is 5.88. The first-order valence-electron chi connectivity index (χ1n) is 16.6. The number of hydrogen-bond acceptors (Lipinski definition) is 8. The van der Waals surface area contributed by atoms with Crippen LogP contribution in [0.3, 0.4) is 0 Å². The molecule has 4 aliphatic rings. The molecule has 44 heavy (non-hydrogen) atoms. The molecule has 10 atom stereocenters. The summed E-state index contributed by atoms with van der Waals surface area (Å²) in [5.41, 5.74) is 1.57. The molecule has 0 aromatic carbocycles. The maximum atomic E-state index is 12.6. The first-order chi connectivity index (χ1) is 20.6. The highest BCUT2D eigenvalue weighted by Crippen LogP contribution is 2.74. The minimum atomic E-state index is -0.953. The van der Waals surface area contributed by atoms with Crippen molar-refractivity contribution in [2.75, 3.05) is 26.3 Å². The molecule has 0 spiro atoms. The zero-order chi connectivity index (χ0) is 33.0. The van der Waals surface area contributed by atoms with E-state index in [1.807, 2.05) is 19.9 Å². The van der Waals surface area contributed by atoms with Crippen LogP contribution in [0.25, 0.3) is 0 Å². The van der Waals surface area contributed by atoms with Gasteiger partial charge in [0.05, 0.1) is 25.4 Å². The van der Waals surface area contributed by atoms with Gasteiger partial charge in [-0.1, -0.05) is 39.3 Å². The second-order valence-electron chi connectivity index (χ2n) is 14.8. The Hall–Kier alpha value is -1.78. The molecule has 0 aromatic rings. The van der Waals surface area contributed by atoms with Crippen LogP contribution in [0.4, 0.5) is 0 Å².